The van der Waals surface area contributed by atoms with E-state index in [2.05, 4.69) is 10.4 Å². The molecule has 1 unspecified atom stereocenters. The molecule has 0 bridgehead atoms. The number of anilines is 2. The normalized spacial score (nSPS) is 16.0. The predicted molar refractivity (Wildman–Crippen MR) is 125 cm³/mol. The van der Waals surface area contributed by atoms with E-state index in [1.807, 2.05) is 6.92 Å². The highest BCUT2D eigenvalue weighted by molar-refractivity contribution is 6.33. The summed E-state index contributed by atoms with van der Waals surface area (Å²) in [5, 5.41) is 8.70. The van der Waals surface area contributed by atoms with Gasteiger partial charge in [-0.2, -0.15) is 18.3 Å². The van der Waals surface area contributed by atoms with Crippen molar-refractivity contribution in [3.63, 3.8) is 0 Å². The maximum Gasteiger partial charge on any atom is 0.431 e. The van der Waals surface area contributed by atoms with Crippen LogP contribution < -0.4 is 10.3 Å². The molecule has 0 radical (unpaired) electrons. The van der Waals surface area contributed by atoms with Crippen LogP contribution in [0.2, 0.25) is 10.0 Å². The highest BCUT2D eigenvalue weighted by Gasteiger charge is 2.43. The lowest BCUT2D eigenvalue weighted by Crippen LogP contribution is -2.21. The van der Waals surface area contributed by atoms with Gasteiger partial charge < -0.3 is 5.32 Å². The molecule has 9 heteroatoms. The van der Waals surface area contributed by atoms with Crippen LogP contribution in [0.15, 0.2) is 71.8 Å². The first kappa shape index (κ1) is 23.1. The Labute approximate surface area is 198 Å². The molecule has 1 amide bonds. The molecular formula is C24H18Cl2F3N3O. The molecular weight excluding hydrogens is 474 g/mol. The number of carbonyl (C=O) groups is 1. The summed E-state index contributed by atoms with van der Waals surface area (Å²) < 4.78 is 40.3. The molecule has 4 nitrogen and oxygen atoms in total. The van der Waals surface area contributed by atoms with Gasteiger partial charge in [0.25, 0.3) is 5.91 Å². The SMILES string of the molecule is Cc1ccc(NC(=O)c2ccc(C3CC(C(F)(F)F)=NN3c3ccccc3Cl)cc2)cc1Cl. The molecule has 0 aromatic heterocycles. The first-order valence-corrected chi connectivity index (χ1v) is 10.7. The fourth-order valence-electron chi connectivity index (χ4n) is 3.53. The van der Waals surface area contributed by atoms with Crippen LogP contribution in [0.4, 0.5) is 24.5 Å². The van der Waals surface area contributed by atoms with Gasteiger partial charge in [0.1, 0.15) is 5.71 Å². The van der Waals surface area contributed by atoms with E-state index < -0.39 is 17.9 Å². The summed E-state index contributed by atoms with van der Waals surface area (Å²) in [5.74, 6) is -0.358. The van der Waals surface area contributed by atoms with Crippen molar-refractivity contribution in [3.05, 3.63) is 93.5 Å². The molecule has 1 atom stereocenters. The Morgan fingerprint density at radius 1 is 1.03 bits per heavy atom. The standard InChI is InChI=1S/C24H18Cl2F3N3O/c1-14-6-11-17(12-19(14)26)30-23(33)16-9-7-15(8-10-16)21-13-22(24(27,28)29)31-32(21)20-5-3-2-4-18(20)25/h2-12,21H,13H2,1H3,(H,30,33). The van der Waals surface area contributed by atoms with Crippen LogP contribution in [-0.4, -0.2) is 17.8 Å². The molecule has 0 fully saturated rings. The van der Waals surface area contributed by atoms with Gasteiger partial charge in [0.15, 0.2) is 0 Å². The van der Waals surface area contributed by atoms with Gasteiger partial charge in [0, 0.05) is 22.7 Å². The van der Waals surface area contributed by atoms with Gasteiger partial charge >= 0.3 is 6.18 Å². The van der Waals surface area contributed by atoms with Crippen molar-refractivity contribution >= 4 is 46.2 Å². The van der Waals surface area contributed by atoms with Gasteiger partial charge in [-0.15, -0.1) is 0 Å². The molecule has 33 heavy (non-hydrogen) atoms. The van der Waals surface area contributed by atoms with E-state index in [-0.39, 0.29) is 12.3 Å². The van der Waals surface area contributed by atoms with Gasteiger partial charge in [-0.05, 0) is 54.4 Å². The third-order valence-corrected chi connectivity index (χ3v) is 6.05. The fourth-order valence-corrected chi connectivity index (χ4v) is 3.93. The summed E-state index contributed by atoms with van der Waals surface area (Å²) in [6.45, 7) is 1.86. The van der Waals surface area contributed by atoms with Crippen molar-refractivity contribution < 1.29 is 18.0 Å². The number of hydrogen-bond acceptors (Lipinski definition) is 3. The molecule has 0 saturated heterocycles. The summed E-state index contributed by atoms with van der Waals surface area (Å²) >= 11 is 12.3. The van der Waals surface area contributed by atoms with Gasteiger partial charge in [0.2, 0.25) is 0 Å². The number of carbonyl (C=O) groups excluding carboxylic acids is 1. The molecule has 1 aliphatic rings. The number of halogens is 5. The monoisotopic (exact) mass is 491 g/mol. The minimum atomic E-state index is -4.55. The first-order valence-electron chi connectivity index (χ1n) is 9.99. The molecule has 1 N–H and O–H groups in total. The van der Waals surface area contributed by atoms with E-state index in [9.17, 15) is 18.0 Å². The van der Waals surface area contributed by atoms with Gasteiger partial charge in [-0.3, -0.25) is 9.80 Å². The van der Waals surface area contributed by atoms with E-state index >= 15 is 0 Å². The zero-order valence-corrected chi connectivity index (χ0v) is 18.8. The van der Waals surface area contributed by atoms with Crippen LogP contribution >= 0.6 is 23.2 Å². The molecule has 1 heterocycles. The number of rotatable bonds is 4. The van der Waals surface area contributed by atoms with E-state index in [0.29, 0.717) is 32.5 Å². The van der Waals surface area contributed by atoms with E-state index in [4.69, 9.17) is 23.2 Å². The maximum atomic E-state index is 13.4. The molecule has 1 aliphatic heterocycles. The second-order valence-corrected chi connectivity index (χ2v) is 8.41. The van der Waals surface area contributed by atoms with Crippen molar-refractivity contribution in [2.75, 3.05) is 10.3 Å². The highest BCUT2D eigenvalue weighted by Crippen LogP contribution is 2.41. The Morgan fingerprint density at radius 3 is 2.36 bits per heavy atom. The molecule has 3 aromatic rings. The quantitative estimate of drug-likeness (QED) is 0.412. The maximum absolute atomic E-state index is 13.4. The Bertz CT molecular complexity index is 1230. The van der Waals surface area contributed by atoms with Crippen LogP contribution in [-0.2, 0) is 0 Å². The molecule has 0 saturated carbocycles. The summed E-state index contributed by atoms with van der Waals surface area (Å²) in [7, 11) is 0. The summed E-state index contributed by atoms with van der Waals surface area (Å²) in [6, 6.07) is 17.4. The van der Waals surface area contributed by atoms with Crippen LogP contribution in [0.1, 0.15) is 33.9 Å². The third kappa shape index (κ3) is 4.99. The van der Waals surface area contributed by atoms with Crippen LogP contribution in [0.5, 0.6) is 0 Å². The van der Waals surface area contributed by atoms with Crippen molar-refractivity contribution in [3.8, 4) is 0 Å². The summed E-state index contributed by atoms with van der Waals surface area (Å²) in [6.07, 6.45) is -4.88. The summed E-state index contributed by atoms with van der Waals surface area (Å²) in [5.41, 5.74) is 1.86. The Hall–Kier alpha value is -3.03. The number of alkyl halides is 3. The number of hydrogen-bond donors (Lipinski definition) is 1. The molecule has 170 valence electrons. The number of para-hydroxylation sites is 1. The van der Waals surface area contributed by atoms with Crippen molar-refractivity contribution in [2.24, 2.45) is 5.10 Å². The molecule has 3 aromatic carbocycles. The molecule has 4 rings (SSSR count). The van der Waals surface area contributed by atoms with Crippen molar-refractivity contribution in [2.45, 2.75) is 25.6 Å². The molecule has 0 spiro atoms. The van der Waals surface area contributed by atoms with Crippen molar-refractivity contribution in [1.82, 2.24) is 0 Å². The van der Waals surface area contributed by atoms with Crippen LogP contribution in [0.25, 0.3) is 0 Å². The van der Waals surface area contributed by atoms with Gasteiger partial charge in [0.05, 0.1) is 16.8 Å². The zero-order valence-electron chi connectivity index (χ0n) is 17.3. The first-order chi connectivity index (χ1) is 15.6. The third-order valence-electron chi connectivity index (χ3n) is 5.32. The Morgan fingerprint density at radius 2 is 1.73 bits per heavy atom. The highest BCUT2D eigenvalue weighted by atomic mass is 35.5. The van der Waals surface area contributed by atoms with Crippen LogP contribution in [0, 0.1) is 6.92 Å². The zero-order chi connectivity index (χ0) is 23.8. The van der Waals surface area contributed by atoms with Gasteiger partial charge in [-0.1, -0.05) is 53.5 Å². The summed E-state index contributed by atoms with van der Waals surface area (Å²) in [4.78, 5) is 12.6. The fraction of sp³-hybridized carbons (Fsp3) is 0.167. The molecule has 0 aliphatic carbocycles. The number of nitrogens with zero attached hydrogens (tertiary/aromatic N) is 2. The number of benzene rings is 3. The number of amides is 1. The largest absolute Gasteiger partial charge is 0.431 e. The van der Waals surface area contributed by atoms with E-state index in [0.717, 1.165) is 5.56 Å². The smallest absolute Gasteiger partial charge is 0.322 e. The second kappa shape index (κ2) is 9.08. The minimum absolute atomic E-state index is 0.294. The number of nitrogens with one attached hydrogen (secondary N) is 1. The van der Waals surface area contributed by atoms with E-state index in [1.165, 1.54) is 5.01 Å². The lowest BCUT2D eigenvalue weighted by atomic mass is 9.99. The predicted octanol–water partition coefficient (Wildman–Crippen LogP) is 7.42. The lowest BCUT2D eigenvalue weighted by molar-refractivity contribution is -0.0600. The van der Waals surface area contributed by atoms with Gasteiger partial charge in [-0.25, -0.2) is 0 Å². The Kier molecular flexibility index (Phi) is 6.36. The number of hydrazone groups is 1. The number of aryl methyl sites for hydroxylation is 1. The topological polar surface area (TPSA) is 44.7 Å². The van der Waals surface area contributed by atoms with Crippen LogP contribution in [0.3, 0.4) is 0 Å². The lowest BCUT2D eigenvalue weighted by Gasteiger charge is -2.25. The average molecular weight is 492 g/mol. The Balaban J connectivity index is 1.58. The van der Waals surface area contributed by atoms with E-state index in [1.54, 1.807) is 66.7 Å². The average Bonchev–Trinajstić information content (AvgIpc) is 3.22. The minimum Gasteiger partial charge on any atom is -0.322 e. The second-order valence-electron chi connectivity index (χ2n) is 7.60. The van der Waals surface area contributed by atoms with Crippen molar-refractivity contribution in [1.29, 1.82) is 0 Å².